The van der Waals surface area contributed by atoms with Crippen LogP contribution in [0.3, 0.4) is 0 Å². The van der Waals surface area contributed by atoms with E-state index in [4.69, 9.17) is 27.9 Å². The number of nitrogens with zero attached hydrogens (tertiary/aromatic N) is 4. The molecule has 0 spiro atoms. The van der Waals surface area contributed by atoms with Crippen molar-refractivity contribution in [1.29, 1.82) is 0 Å². The highest BCUT2D eigenvalue weighted by Crippen LogP contribution is 2.36. The molecule has 0 saturated carbocycles. The van der Waals surface area contributed by atoms with Crippen LogP contribution in [0, 0.1) is 20.2 Å². The van der Waals surface area contributed by atoms with Gasteiger partial charge in [-0.1, -0.05) is 23.2 Å². The van der Waals surface area contributed by atoms with Gasteiger partial charge in [-0.2, -0.15) is 0 Å². The topological polar surface area (TPSA) is 147 Å². The first-order valence-electron chi connectivity index (χ1n) is 9.33. The molecular weight excluding hydrogens is 499 g/mol. The number of halogens is 2. The van der Waals surface area contributed by atoms with Crippen LogP contribution in [0.25, 0.3) is 0 Å². The van der Waals surface area contributed by atoms with Crippen LogP contribution < -0.4 is 4.74 Å². The molecule has 33 heavy (non-hydrogen) atoms. The third-order valence-corrected chi connectivity index (χ3v) is 7.29. The van der Waals surface area contributed by atoms with Crippen LogP contribution in [0.2, 0.25) is 10.0 Å². The predicted octanol–water partition coefficient (Wildman–Crippen LogP) is 4.84. The van der Waals surface area contributed by atoms with E-state index in [2.05, 4.69) is 4.98 Å². The summed E-state index contributed by atoms with van der Waals surface area (Å²) in [6, 6.07) is 7.04. The lowest BCUT2D eigenvalue weighted by atomic mass is 10.3. The largest absolute Gasteiger partial charge is 0.492 e. The first-order valence-corrected chi connectivity index (χ1v) is 11.6. The maximum Gasteiger partial charge on any atom is 0.288 e. The zero-order valence-corrected chi connectivity index (χ0v) is 19.0. The summed E-state index contributed by atoms with van der Waals surface area (Å²) in [5.74, 6) is 0.359. The van der Waals surface area contributed by atoms with Gasteiger partial charge in [-0.15, -0.1) is 0 Å². The number of sulfone groups is 1. The minimum Gasteiger partial charge on any atom is -0.492 e. The summed E-state index contributed by atoms with van der Waals surface area (Å²) in [5.41, 5.74) is -1.33. The molecule has 0 N–H and O–H groups in total. The lowest BCUT2D eigenvalue weighted by Crippen LogP contribution is -2.21. The SMILES string of the molecule is O=[N+]([O-])c1ccc([N+](=O)[O-])c(S(=O)(=O)C(CCCOc2ccc(Cl)cc2Cl)n2ccnc2)c1. The first kappa shape index (κ1) is 24.4. The van der Waals surface area contributed by atoms with Crippen LogP contribution in [0.5, 0.6) is 5.75 Å². The molecule has 1 heterocycles. The van der Waals surface area contributed by atoms with Crippen molar-refractivity contribution in [2.24, 2.45) is 0 Å². The number of benzene rings is 2. The van der Waals surface area contributed by atoms with Crippen molar-refractivity contribution in [3.8, 4) is 5.75 Å². The molecule has 14 heteroatoms. The van der Waals surface area contributed by atoms with E-state index in [0.717, 1.165) is 12.1 Å². The fraction of sp³-hybridized carbons (Fsp3) is 0.211. The molecule has 2 aromatic carbocycles. The van der Waals surface area contributed by atoms with Crippen LogP contribution in [-0.2, 0) is 9.84 Å². The van der Waals surface area contributed by atoms with Gasteiger partial charge in [-0.3, -0.25) is 20.2 Å². The lowest BCUT2D eigenvalue weighted by Gasteiger charge is -2.19. The number of hydrogen-bond donors (Lipinski definition) is 0. The molecule has 1 aromatic heterocycles. The van der Waals surface area contributed by atoms with Crippen molar-refractivity contribution in [3.63, 3.8) is 0 Å². The Morgan fingerprint density at radius 1 is 1.09 bits per heavy atom. The van der Waals surface area contributed by atoms with Crippen molar-refractivity contribution < 1.29 is 23.0 Å². The Morgan fingerprint density at radius 2 is 1.85 bits per heavy atom. The number of nitro groups is 2. The molecule has 1 atom stereocenters. The lowest BCUT2D eigenvalue weighted by molar-refractivity contribution is -0.391. The highest BCUT2D eigenvalue weighted by molar-refractivity contribution is 7.91. The average molecular weight is 515 g/mol. The van der Waals surface area contributed by atoms with Gasteiger partial charge in [0.2, 0.25) is 9.84 Å². The number of hydrogen-bond acceptors (Lipinski definition) is 8. The Hall–Kier alpha value is -3.22. The number of ether oxygens (including phenoxy) is 1. The molecule has 3 rings (SSSR count). The fourth-order valence-electron chi connectivity index (χ4n) is 3.08. The zero-order chi connectivity index (χ0) is 24.2. The van der Waals surface area contributed by atoms with Gasteiger partial charge in [-0.05, 0) is 31.0 Å². The molecule has 3 aromatic rings. The summed E-state index contributed by atoms with van der Waals surface area (Å²) in [7, 11) is -4.44. The maximum atomic E-state index is 13.4. The quantitative estimate of drug-likeness (QED) is 0.212. The van der Waals surface area contributed by atoms with Crippen molar-refractivity contribution in [2.45, 2.75) is 23.1 Å². The summed E-state index contributed by atoms with van der Waals surface area (Å²) in [6.07, 6.45) is 4.19. The van der Waals surface area contributed by atoms with E-state index in [1.54, 1.807) is 12.1 Å². The Bertz CT molecular complexity index is 1280. The van der Waals surface area contributed by atoms with E-state index in [1.165, 1.54) is 29.4 Å². The molecule has 0 aliphatic rings. The molecule has 0 radical (unpaired) electrons. The Balaban J connectivity index is 1.89. The Labute approximate surface area is 197 Å². The second kappa shape index (κ2) is 10.1. The van der Waals surface area contributed by atoms with Gasteiger partial charge in [0.05, 0.1) is 27.8 Å². The standard InChI is InChI=1S/C19H16Cl2N4O7S/c20-13-3-6-17(15(21)10-13)32-9-1-2-19(23-8-7-22-12-23)33(30,31)18-11-14(24(26)27)4-5-16(18)25(28)29/h3-8,10-12,19H,1-2,9H2. The third kappa shape index (κ3) is 5.59. The molecule has 1 unspecified atom stereocenters. The number of rotatable bonds is 10. The molecule has 11 nitrogen and oxygen atoms in total. The van der Waals surface area contributed by atoms with Gasteiger partial charge in [0.15, 0.2) is 4.90 Å². The van der Waals surface area contributed by atoms with Crippen molar-refractivity contribution in [2.75, 3.05) is 6.61 Å². The molecule has 0 aliphatic carbocycles. The summed E-state index contributed by atoms with van der Waals surface area (Å²) in [6.45, 7) is 0.0824. The van der Waals surface area contributed by atoms with Crippen molar-refractivity contribution in [3.05, 3.63) is 85.4 Å². The monoisotopic (exact) mass is 514 g/mol. The van der Waals surface area contributed by atoms with E-state index in [0.29, 0.717) is 16.8 Å². The van der Waals surface area contributed by atoms with Crippen LogP contribution >= 0.6 is 23.2 Å². The van der Waals surface area contributed by atoms with Crippen molar-refractivity contribution >= 4 is 44.4 Å². The highest BCUT2D eigenvalue weighted by Gasteiger charge is 2.36. The van der Waals surface area contributed by atoms with Gasteiger partial charge in [0.1, 0.15) is 11.1 Å². The second-order valence-corrected chi connectivity index (χ2v) is 9.66. The van der Waals surface area contributed by atoms with Gasteiger partial charge in [0, 0.05) is 35.6 Å². The number of nitro benzene ring substituents is 2. The zero-order valence-electron chi connectivity index (χ0n) is 16.7. The van der Waals surface area contributed by atoms with E-state index >= 15 is 0 Å². The number of aromatic nitrogens is 2. The Kier molecular flexibility index (Phi) is 7.51. The van der Waals surface area contributed by atoms with Crippen molar-refractivity contribution in [1.82, 2.24) is 9.55 Å². The van der Waals surface area contributed by atoms with Gasteiger partial charge in [0.25, 0.3) is 11.4 Å². The molecule has 0 fully saturated rings. The molecule has 0 aliphatic heterocycles. The fourth-order valence-corrected chi connectivity index (χ4v) is 5.48. The summed E-state index contributed by atoms with van der Waals surface area (Å²) >= 11 is 11.9. The smallest absolute Gasteiger partial charge is 0.288 e. The first-order chi connectivity index (χ1) is 15.6. The summed E-state index contributed by atoms with van der Waals surface area (Å²) in [4.78, 5) is 24.0. The van der Waals surface area contributed by atoms with Crippen LogP contribution in [-0.4, -0.2) is 34.4 Å². The van der Waals surface area contributed by atoms with Gasteiger partial charge in [-0.25, -0.2) is 13.4 Å². The molecular formula is C19H16Cl2N4O7S. The van der Waals surface area contributed by atoms with Crippen LogP contribution in [0.15, 0.2) is 60.0 Å². The average Bonchev–Trinajstić information content (AvgIpc) is 3.28. The molecule has 174 valence electrons. The minimum atomic E-state index is -4.44. The van der Waals surface area contributed by atoms with Crippen LogP contribution in [0.4, 0.5) is 11.4 Å². The van der Waals surface area contributed by atoms with Gasteiger partial charge >= 0.3 is 0 Å². The Morgan fingerprint density at radius 3 is 2.45 bits per heavy atom. The molecule has 0 bridgehead atoms. The number of imidazole rings is 1. The number of non-ortho nitro benzene ring substituents is 1. The molecule has 0 amide bonds. The maximum absolute atomic E-state index is 13.4. The predicted molar refractivity (Wildman–Crippen MR) is 119 cm³/mol. The third-order valence-electron chi connectivity index (χ3n) is 4.62. The minimum absolute atomic E-state index is 0.0241. The normalized spacial score (nSPS) is 12.3. The second-order valence-electron chi connectivity index (χ2n) is 6.74. The van der Waals surface area contributed by atoms with Gasteiger partial charge < -0.3 is 9.30 Å². The van der Waals surface area contributed by atoms with E-state index in [1.807, 2.05) is 0 Å². The van der Waals surface area contributed by atoms with E-state index in [-0.39, 0.29) is 24.5 Å². The summed E-state index contributed by atoms with van der Waals surface area (Å²) < 4.78 is 33.7. The van der Waals surface area contributed by atoms with E-state index < -0.39 is 41.3 Å². The summed E-state index contributed by atoms with van der Waals surface area (Å²) in [5, 5.41) is 22.0. The highest BCUT2D eigenvalue weighted by atomic mass is 35.5. The molecule has 0 saturated heterocycles. The van der Waals surface area contributed by atoms with Crippen LogP contribution in [0.1, 0.15) is 18.2 Å². The van der Waals surface area contributed by atoms with E-state index in [9.17, 15) is 28.6 Å².